The van der Waals surface area contributed by atoms with Crippen molar-refractivity contribution in [3.05, 3.63) is 5.53 Å². The molecule has 0 radical (unpaired) electrons. The first-order valence-electron chi connectivity index (χ1n) is 8.99. The zero-order valence-corrected chi connectivity index (χ0v) is 15.1. The van der Waals surface area contributed by atoms with Crippen LogP contribution in [0.3, 0.4) is 0 Å². The van der Waals surface area contributed by atoms with Crippen LogP contribution in [0.2, 0.25) is 0 Å². The lowest BCUT2D eigenvalue weighted by Crippen LogP contribution is -2.29. The van der Waals surface area contributed by atoms with Gasteiger partial charge < -0.3 is 10.2 Å². The van der Waals surface area contributed by atoms with Crippen LogP contribution in [0.1, 0.15) is 65.7 Å². The van der Waals surface area contributed by atoms with Crippen LogP contribution in [0.15, 0.2) is 10.2 Å². The standard InChI is InChI=1S/C10H16N4.C8H12N2/c1-4-10(3,7-12)8-14-13-6-9(2)5-11;9-10-7-1-2-8(10,5-3-7)6-4-7/h9H,4,6,8H2,1-3H3;1-6H2. The lowest BCUT2D eigenvalue weighted by molar-refractivity contribution is -0.625. The third kappa shape index (κ3) is 3.34. The molecule has 3 aliphatic rings. The average molecular weight is 328 g/mol. The molecule has 3 fully saturated rings. The zero-order chi connectivity index (χ0) is 17.8. The molecular weight excluding hydrogens is 300 g/mol. The lowest BCUT2D eigenvalue weighted by Gasteiger charge is -2.24. The van der Waals surface area contributed by atoms with E-state index < -0.39 is 5.41 Å². The first kappa shape index (κ1) is 18.5. The van der Waals surface area contributed by atoms with Crippen LogP contribution in [0.5, 0.6) is 0 Å². The van der Waals surface area contributed by atoms with E-state index in [9.17, 15) is 5.53 Å². The highest BCUT2D eigenvalue weighted by atomic mass is 15.4. The van der Waals surface area contributed by atoms with E-state index >= 15 is 0 Å². The van der Waals surface area contributed by atoms with E-state index in [1.54, 1.807) is 11.6 Å². The number of azo groups is 1. The van der Waals surface area contributed by atoms with Gasteiger partial charge in [0.05, 0.1) is 36.6 Å². The molecule has 2 bridgehead atoms. The van der Waals surface area contributed by atoms with Crippen LogP contribution in [-0.4, -0.2) is 28.9 Å². The molecular formula is C18H28N6. The highest BCUT2D eigenvalue weighted by molar-refractivity contribution is 5.08. The highest BCUT2D eigenvalue weighted by Crippen LogP contribution is 2.60. The summed E-state index contributed by atoms with van der Waals surface area (Å²) in [6, 6.07) is 4.28. The fourth-order valence-electron chi connectivity index (χ4n) is 3.94. The quantitative estimate of drug-likeness (QED) is 0.551. The van der Waals surface area contributed by atoms with E-state index in [1.807, 2.05) is 13.8 Å². The summed E-state index contributed by atoms with van der Waals surface area (Å²) in [6.07, 6.45) is 8.28. The Hall–Kier alpha value is -1.82. The summed E-state index contributed by atoms with van der Waals surface area (Å²) in [4.78, 5) is 0. The normalized spacial score (nSPS) is 33.5. The van der Waals surface area contributed by atoms with E-state index in [0.717, 1.165) is 6.42 Å². The van der Waals surface area contributed by atoms with Gasteiger partial charge in [0.25, 0.3) is 0 Å². The van der Waals surface area contributed by atoms with Crippen LogP contribution in [0.4, 0.5) is 0 Å². The van der Waals surface area contributed by atoms with E-state index in [-0.39, 0.29) is 17.0 Å². The summed E-state index contributed by atoms with van der Waals surface area (Å²) in [5.74, 6) is -0.103. The van der Waals surface area contributed by atoms with Crippen molar-refractivity contribution in [1.82, 2.24) is 0 Å². The Morgan fingerprint density at radius 2 is 1.62 bits per heavy atom. The van der Waals surface area contributed by atoms with Gasteiger partial charge in [0.2, 0.25) is 0 Å². The third-order valence-electron chi connectivity index (χ3n) is 6.21. The zero-order valence-electron chi connectivity index (χ0n) is 15.1. The minimum atomic E-state index is -0.417. The van der Waals surface area contributed by atoms with Crippen LogP contribution < -0.4 is 0 Å². The van der Waals surface area contributed by atoms with Gasteiger partial charge in [-0.15, -0.1) is 0 Å². The number of hydrogen-bond acceptors (Lipinski definition) is 4. The lowest BCUT2D eigenvalue weighted by atomic mass is 9.71. The van der Waals surface area contributed by atoms with Crippen molar-refractivity contribution in [2.75, 3.05) is 13.1 Å². The summed E-state index contributed by atoms with van der Waals surface area (Å²) >= 11 is 0. The molecule has 0 N–H and O–H groups in total. The van der Waals surface area contributed by atoms with Crippen molar-refractivity contribution >= 4 is 0 Å². The van der Waals surface area contributed by atoms with E-state index in [0.29, 0.717) is 13.1 Å². The van der Waals surface area contributed by atoms with E-state index in [4.69, 9.17) is 10.5 Å². The van der Waals surface area contributed by atoms with Gasteiger partial charge in [-0.1, -0.05) is 6.92 Å². The van der Waals surface area contributed by atoms with Crippen molar-refractivity contribution in [3.8, 4) is 12.1 Å². The number of hydrogen-bond donors (Lipinski definition) is 0. The fraction of sp³-hybridized carbons (Fsp3) is 0.889. The van der Waals surface area contributed by atoms with Gasteiger partial charge in [0.1, 0.15) is 0 Å². The average Bonchev–Trinajstić information content (AvgIpc) is 3.16. The Morgan fingerprint density at radius 3 is 1.92 bits per heavy atom. The fourth-order valence-corrected chi connectivity index (χ4v) is 3.94. The molecule has 0 aromatic rings. The van der Waals surface area contributed by atoms with Gasteiger partial charge >= 0.3 is 0 Å². The topological polar surface area (TPSA) is 97.6 Å². The molecule has 3 heterocycles. The molecule has 0 saturated carbocycles. The molecule has 3 aliphatic heterocycles. The van der Waals surface area contributed by atoms with Crippen molar-refractivity contribution in [2.45, 2.75) is 76.8 Å². The molecule has 0 amide bonds. The van der Waals surface area contributed by atoms with Gasteiger partial charge in [-0.3, -0.25) is 0 Å². The molecule has 6 nitrogen and oxygen atoms in total. The van der Waals surface area contributed by atoms with Gasteiger partial charge in [0.15, 0.2) is 11.1 Å². The molecule has 0 aromatic carbocycles. The summed E-state index contributed by atoms with van der Waals surface area (Å²) in [5.41, 5.74) is 9.85. The van der Waals surface area contributed by atoms with E-state index in [2.05, 4.69) is 22.4 Å². The number of nitrogens with zero attached hydrogens (tertiary/aromatic N) is 6. The predicted molar refractivity (Wildman–Crippen MR) is 90.2 cm³/mol. The van der Waals surface area contributed by atoms with Gasteiger partial charge in [-0.25, -0.2) is 0 Å². The smallest absolute Gasteiger partial charge is 0.152 e. The summed E-state index contributed by atoms with van der Waals surface area (Å²) < 4.78 is 1.71. The third-order valence-corrected chi connectivity index (χ3v) is 6.21. The van der Waals surface area contributed by atoms with Crippen molar-refractivity contribution in [3.63, 3.8) is 0 Å². The van der Waals surface area contributed by atoms with Gasteiger partial charge in [-0.05, 0) is 20.3 Å². The molecule has 0 aliphatic carbocycles. The van der Waals surface area contributed by atoms with E-state index in [1.165, 1.54) is 38.5 Å². The van der Waals surface area contributed by atoms with Crippen LogP contribution in [0.25, 0.3) is 5.53 Å². The largest absolute Gasteiger partial charge is 0.506 e. The summed E-state index contributed by atoms with van der Waals surface area (Å²) in [6.45, 7) is 6.44. The summed E-state index contributed by atoms with van der Waals surface area (Å²) in [7, 11) is 0. The predicted octanol–water partition coefficient (Wildman–Crippen LogP) is 4.42. The second-order valence-corrected chi connectivity index (χ2v) is 7.94. The first-order valence-corrected chi connectivity index (χ1v) is 8.99. The molecule has 0 spiro atoms. The van der Waals surface area contributed by atoms with Crippen LogP contribution in [0, 0.1) is 34.0 Å². The molecule has 6 heteroatoms. The number of nitriles is 2. The minimum Gasteiger partial charge on any atom is -0.506 e. The van der Waals surface area contributed by atoms with Gasteiger partial charge in [-0.2, -0.15) is 20.8 Å². The minimum absolute atomic E-state index is 0.103. The molecule has 3 rings (SSSR count). The SMILES string of the molecule is CCC(C)(C#N)CN=NCC(C)C#N.[N-]=[N+]1C23CCC1(CC2)CC3. The molecule has 130 valence electrons. The molecule has 24 heavy (non-hydrogen) atoms. The summed E-state index contributed by atoms with van der Waals surface area (Å²) in [5, 5.41) is 25.1. The van der Waals surface area contributed by atoms with Crippen molar-refractivity contribution in [1.29, 1.82) is 10.5 Å². The Labute approximate surface area is 145 Å². The Bertz CT molecular complexity index is 549. The molecule has 3 saturated heterocycles. The first-order chi connectivity index (χ1) is 11.4. The van der Waals surface area contributed by atoms with Crippen molar-refractivity contribution < 1.29 is 4.70 Å². The van der Waals surface area contributed by atoms with Crippen LogP contribution >= 0.6 is 0 Å². The number of rotatable bonds is 5. The van der Waals surface area contributed by atoms with Crippen molar-refractivity contribution in [2.24, 2.45) is 21.6 Å². The molecule has 0 aromatic heterocycles. The molecule has 2 atom stereocenters. The maximum absolute atomic E-state index is 9.74. The highest BCUT2D eigenvalue weighted by Gasteiger charge is 2.68. The molecule has 2 unspecified atom stereocenters. The van der Waals surface area contributed by atoms with Gasteiger partial charge in [0, 0.05) is 38.5 Å². The Balaban J connectivity index is 0.000000180. The maximum Gasteiger partial charge on any atom is 0.152 e. The monoisotopic (exact) mass is 328 g/mol. The second-order valence-electron chi connectivity index (χ2n) is 7.94. The second kappa shape index (κ2) is 6.97. The Kier molecular flexibility index (Phi) is 5.38. The maximum atomic E-state index is 9.74. The van der Waals surface area contributed by atoms with Crippen LogP contribution in [-0.2, 0) is 0 Å². The Morgan fingerprint density at radius 1 is 1.12 bits per heavy atom.